The fourth-order valence-electron chi connectivity index (χ4n) is 1.40. The molecule has 5 nitrogen and oxygen atoms in total. The number of para-hydroxylation sites is 2. The van der Waals surface area contributed by atoms with Crippen LogP contribution in [0.4, 0.5) is 0 Å². The Hall–Kier alpha value is -1.27. The summed E-state index contributed by atoms with van der Waals surface area (Å²) in [6.07, 6.45) is 2.70. The molecule has 88 valence electrons. The fourth-order valence-corrected chi connectivity index (χ4v) is 2.47. The Labute approximate surface area is 94.3 Å². The molecule has 0 aromatic heterocycles. The molecule has 1 aromatic rings. The SMILES string of the molecule is O=S(=O)(NC1CCC1)Oc1ccccc1O. The predicted molar refractivity (Wildman–Crippen MR) is 58.4 cm³/mol. The number of aromatic hydroxyl groups is 1. The first-order valence-corrected chi connectivity index (χ1v) is 6.47. The van der Waals surface area contributed by atoms with E-state index in [0.29, 0.717) is 0 Å². The number of phenols is 1. The van der Waals surface area contributed by atoms with Crippen LogP contribution in [0.25, 0.3) is 0 Å². The average molecular weight is 243 g/mol. The summed E-state index contributed by atoms with van der Waals surface area (Å²) in [5, 5.41) is 9.36. The van der Waals surface area contributed by atoms with Gasteiger partial charge >= 0.3 is 10.3 Å². The molecule has 0 bridgehead atoms. The standard InChI is InChI=1S/C10H13NO4S/c12-9-6-1-2-7-10(9)15-16(13,14)11-8-4-3-5-8/h1-2,6-8,11-12H,3-5H2. The summed E-state index contributed by atoms with van der Waals surface area (Å²) < 4.78 is 30.2. The first-order valence-electron chi connectivity index (χ1n) is 5.06. The van der Waals surface area contributed by atoms with E-state index in [9.17, 15) is 13.5 Å². The minimum Gasteiger partial charge on any atom is -0.504 e. The van der Waals surface area contributed by atoms with E-state index in [-0.39, 0.29) is 17.5 Å². The van der Waals surface area contributed by atoms with Crippen LogP contribution in [0.2, 0.25) is 0 Å². The summed E-state index contributed by atoms with van der Waals surface area (Å²) in [4.78, 5) is 0. The van der Waals surface area contributed by atoms with Crippen LogP contribution in [0.5, 0.6) is 11.5 Å². The Balaban J connectivity index is 2.05. The molecule has 1 aliphatic rings. The van der Waals surface area contributed by atoms with Crippen molar-refractivity contribution in [1.29, 1.82) is 0 Å². The van der Waals surface area contributed by atoms with Gasteiger partial charge in [-0.1, -0.05) is 18.6 Å². The highest BCUT2D eigenvalue weighted by molar-refractivity contribution is 7.85. The maximum Gasteiger partial charge on any atom is 0.382 e. The normalized spacial score (nSPS) is 16.8. The molecule has 1 aromatic carbocycles. The highest BCUT2D eigenvalue weighted by atomic mass is 32.2. The van der Waals surface area contributed by atoms with Gasteiger partial charge in [0.15, 0.2) is 11.5 Å². The number of hydrogen-bond acceptors (Lipinski definition) is 4. The number of nitrogens with one attached hydrogen (secondary N) is 1. The minimum atomic E-state index is -3.83. The molecule has 0 atom stereocenters. The zero-order chi connectivity index (χ0) is 11.6. The van der Waals surface area contributed by atoms with Crippen molar-refractivity contribution in [2.75, 3.05) is 0 Å². The van der Waals surface area contributed by atoms with Crippen LogP contribution in [0.15, 0.2) is 24.3 Å². The maximum atomic E-state index is 11.5. The van der Waals surface area contributed by atoms with Gasteiger partial charge in [0.1, 0.15) is 0 Å². The molecule has 0 amide bonds. The minimum absolute atomic E-state index is 0.0316. The molecule has 0 radical (unpaired) electrons. The molecule has 1 fully saturated rings. The lowest BCUT2D eigenvalue weighted by Crippen LogP contribution is -2.41. The largest absolute Gasteiger partial charge is 0.504 e. The highest BCUT2D eigenvalue weighted by Gasteiger charge is 2.25. The lowest BCUT2D eigenvalue weighted by atomic mass is 9.94. The van der Waals surface area contributed by atoms with Crippen molar-refractivity contribution in [3.63, 3.8) is 0 Å². The van der Waals surface area contributed by atoms with Gasteiger partial charge in [-0.2, -0.15) is 13.1 Å². The van der Waals surface area contributed by atoms with Crippen LogP contribution in [0.3, 0.4) is 0 Å². The topological polar surface area (TPSA) is 75.6 Å². The third-order valence-corrected chi connectivity index (χ3v) is 3.50. The van der Waals surface area contributed by atoms with Gasteiger partial charge in [0.2, 0.25) is 0 Å². The maximum absolute atomic E-state index is 11.5. The van der Waals surface area contributed by atoms with E-state index >= 15 is 0 Å². The summed E-state index contributed by atoms with van der Waals surface area (Å²) >= 11 is 0. The molecule has 0 saturated heterocycles. The Bertz CT molecular complexity index is 467. The van der Waals surface area contributed by atoms with Crippen molar-refractivity contribution in [2.24, 2.45) is 0 Å². The van der Waals surface area contributed by atoms with Crippen LogP contribution in [0.1, 0.15) is 19.3 Å². The van der Waals surface area contributed by atoms with Crippen molar-refractivity contribution in [1.82, 2.24) is 4.72 Å². The van der Waals surface area contributed by atoms with Gasteiger partial charge in [0.25, 0.3) is 0 Å². The molecule has 16 heavy (non-hydrogen) atoms. The van der Waals surface area contributed by atoms with E-state index in [1.165, 1.54) is 12.1 Å². The van der Waals surface area contributed by atoms with Gasteiger partial charge in [-0.15, -0.1) is 0 Å². The van der Waals surface area contributed by atoms with Crippen molar-refractivity contribution >= 4 is 10.3 Å². The van der Waals surface area contributed by atoms with E-state index in [2.05, 4.69) is 4.72 Å². The molecule has 0 heterocycles. The molecule has 2 rings (SSSR count). The number of phenolic OH excluding ortho intramolecular Hbond substituents is 1. The molecule has 0 spiro atoms. The molecule has 0 unspecified atom stereocenters. The van der Waals surface area contributed by atoms with Gasteiger partial charge in [-0.3, -0.25) is 0 Å². The Morgan fingerprint density at radius 2 is 2.00 bits per heavy atom. The summed E-state index contributed by atoms with van der Waals surface area (Å²) in [7, 11) is -3.83. The molecule has 1 saturated carbocycles. The van der Waals surface area contributed by atoms with Gasteiger partial charge < -0.3 is 9.29 Å². The molecular formula is C10H13NO4S. The van der Waals surface area contributed by atoms with E-state index < -0.39 is 10.3 Å². The fraction of sp³-hybridized carbons (Fsp3) is 0.400. The Morgan fingerprint density at radius 3 is 2.56 bits per heavy atom. The van der Waals surface area contributed by atoms with E-state index in [4.69, 9.17) is 4.18 Å². The number of benzene rings is 1. The summed E-state index contributed by atoms with van der Waals surface area (Å²) in [5.74, 6) is -0.254. The zero-order valence-corrected chi connectivity index (χ0v) is 9.40. The smallest absolute Gasteiger partial charge is 0.382 e. The zero-order valence-electron chi connectivity index (χ0n) is 8.59. The second-order valence-corrected chi connectivity index (χ2v) is 5.06. The second-order valence-electron chi connectivity index (χ2n) is 3.75. The number of hydrogen-bond donors (Lipinski definition) is 2. The van der Waals surface area contributed by atoms with E-state index in [1.807, 2.05) is 0 Å². The quantitative estimate of drug-likeness (QED) is 0.832. The van der Waals surface area contributed by atoms with Crippen LogP contribution in [-0.4, -0.2) is 19.6 Å². The first-order chi connectivity index (χ1) is 7.57. The second kappa shape index (κ2) is 4.31. The third-order valence-electron chi connectivity index (χ3n) is 2.48. The average Bonchev–Trinajstić information content (AvgIpc) is 2.16. The van der Waals surface area contributed by atoms with Gasteiger partial charge in [0, 0.05) is 6.04 Å². The molecule has 1 aliphatic carbocycles. The van der Waals surface area contributed by atoms with Gasteiger partial charge in [-0.05, 0) is 25.0 Å². The van der Waals surface area contributed by atoms with E-state index in [0.717, 1.165) is 19.3 Å². The van der Waals surface area contributed by atoms with Crippen molar-refractivity contribution in [2.45, 2.75) is 25.3 Å². The van der Waals surface area contributed by atoms with Crippen molar-refractivity contribution in [3.8, 4) is 11.5 Å². The van der Waals surface area contributed by atoms with Gasteiger partial charge in [0.05, 0.1) is 0 Å². The molecule has 2 N–H and O–H groups in total. The predicted octanol–water partition coefficient (Wildman–Crippen LogP) is 1.16. The van der Waals surface area contributed by atoms with Crippen LogP contribution < -0.4 is 8.91 Å². The van der Waals surface area contributed by atoms with Crippen LogP contribution >= 0.6 is 0 Å². The summed E-state index contributed by atoms with van der Waals surface area (Å²) in [5.41, 5.74) is 0. The van der Waals surface area contributed by atoms with Gasteiger partial charge in [-0.25, -0.2) is 0 Å². The first kappa shape index (κ1) is 11.2. The van der Waals surface area contributed by atoms with E-state index in [1.54, 1.807) is 12.1 Å². The molecule has 6 heteroatoms. The van der Waals surface area contributed by atoms with Crippen molar-refractivity contribution < 1.29 is 17.7 Å². The Kier molecular flexibility index (Phi) is 3.02. The number of rotatable bonds is 4. The lowest BCUT2D eigenvalue weighted by molar-refractivity contribution is 0.361. The van der Waals surface area contributed by atoms with Crippen LogP contribution in [-0.2, 0) is 10.3 Å². The third kappa shape index (κ3) is 2.65. The molecular weight excluding hydrogens is 230 g/mol. The lowest BCUT2D eigenvalue weighted by Gasteiger charge is -2.25. The highest BCUT2D eigenvalue weighted by Crippen LogP contribution is 2.26. The molecule has 0 aliphatic heterocycles. The summed E-state index contributed by atoms with van der Waals surface area (Å²) in [6, 6.07) is 5.92. The monoisotopic (exact) mass is 243 g/mol. The van der Waals surface area contributed by atoms with Crippen LogP contribution in [0, 0.1) is 0 Å². The Morgan fingerprint density at radius 1 is 1.31 bits per heavy atom. The van der Waals surface area contributed by atoms with Crippen molar-refractivity contribution in [3.05, 3.63) is 24.3 Å². The summed E-state index contributed by atoms with van der Waals surface area (Å²) in [6.45, 7) is 0.